The Morgan fingerprint density at radius 2 is 1.93 bits per heavy atom. The van der Waals surface area contributed by atoms with Crippen molar-refractivity contribution in [1.82, 2.24) is 14.0 Å². The molecule has 3 aromatic rings. The zero-order valence-electron chi connectivity index (χ0n) is 17.4. The number of aryl methyl sites for hydroxylation is 1. The Balaban J connectivity index is 1.98. The molecule has 3 heterocycles. The molecule has 1 aromatic carbocycles. The first-order valence-corrected chi connectivity index (χ1v) is 11.0. The van der Waals surface area contributed by atoms with Crippen LogP contribution in [0.2, 0.25) is 0 Å². The molecule has 0 saturated heterocycles. The number of hydrogen-bond acceptors (Lipinski definition) is 5. The van der Waals surface area contributed by atoms with Gasteiger partial charge in [-0.25, -0.2) is 9.36 Å². The maximum absolute atomic E-state index is 13.5. The van der Waals surface area contributed by atoms with Gasteiger partial charge in [-0.05, 0) is 42.7 Å². The van der Waals surface area contributed by atoms with Gasteiger partial charge in [-0.3, -0.25) is 14.2 Å². The van der Waals surface area contributed by atoms with Crippen LogP contribution in [0.1, 0.15) is 37.1 Å². The smallest absolute Gasteiger partial charge is 0.336 e. The molecule has 8 heteroatoms. The number of fused-ring (bicyclic) bond motifs is 3. The number of unbranched alkanes of at least 4 members (excludes halogenated alkanes) is 1. The van der Waals surface area contributed by atoms with Crippen LogP contribution in [0.4, 0.5) is 0 Å². The van der Waals surface area contributed by atoms with Crippen LogP contribution in [0.3, 0.4) is 0 Å². The fourth-order valence-corrected chi connectivity index (χ4v) is 5.32. The minimum atomic E-state index is -0.326. The topological polar surface area (TPSA) is 73.5 Å². The van der Waals surface area contributed by atoms with Gasteiger partial charge >= 0.3 is 5.69 Å². The van der Waals surface area contributed by atoms with E-state index < -0.39 is 0 Å². The van der Waals surface area contributed by atoms with Crippen LogP contribution in [0, 0.1) is 0 Å². The number of hydrogen-bond donors (Lipinski definition) is 0. The summed E-state index contributed by atoms with van der Waals surface area (Å²) in [5.41, 5.74) is 0.888. The predicted octanol–water partition coefficient (Wildman–Crippen LogP) is 2.93. The van der Waals surface area contributed by atoms with E-state index in [2.05, 4.69) is 6.92 Å². The van der Waals surface area contributed by atoms with Crippen LogP contribution in [0.25, 0.3) is 15.9 Å². The fraction of sp³-hybridized carbons (Fsp3) is 0.409. The number of amides is 1. The minimum absolute atomic E-state index is 0.0251. The minimum Gasteiger partial charge on any atom is -0.497 e. The molecule has 30 heavy (non-hydrogen) atoms. The largest absolute Gasteiger partial charge is 0.497 e. The molecule has 0 atom stereocenters. The van der Waals surface area contributed by atoms with Crippen molar-refractivity contribution in [3.63, 3.8) is 0 Å². The molecule has 1 aliphatic rings. The monoisotopic (exact) mass is 427 g/mol. The number of methoxy groups -OCH3 is 1. The van der Waals surface area contributed by atoms with Gasteiger partial charge in [0.15, 0.2) is 0 Å². The second-order valence-corrected chi connectivity index (χ2v) is 8.58. The van der Waals surface area contributed by atoms with Gasteiger partial charge in [0.05, 0.1) is 24.7 Å². The highest BCUT2D eigenvalue weighted by Crippen LogP contribution is 2.33. The average Bonchev–Trinajstić information content (AvgIpc) is 3.13. The number of ether oxygens (including phenoxy) is 1. The standard InChI is InChI=1S/C22H25N3O4S/c1-4-5-11-24-21-19(17-10-12-23(14(2)26)13-18(17)30-21)20(27)25(22(24)28)15-6-8-16(29-3)9-7-15/h6-9H,4-5,10-13H2,1-3H3. The first-order chi connectivity index (χ1) is 14.5. The van der Waals surface area contributed by atoms with Crippen LogP contribution < -0.4 is 16.0 Å². The summed E-state index contributed by atoms with van der Waals surface area (Å²) in [4.78, 5) is 42.3. The number of rotatable bonds is 5. The molecule has 2 aromatic heterocycles. The molecule has 0 unspecified atom stereocenters. The third-order valence-electron chi connectivity index (χ3n) is 5.63. The highest BCUT2D eigenvalue weighted by molar-refractivity contribution is 7.18. The van der Waals surface area contributed by atoms with Crippen molar-refractivity contribution in [3.8, 4) is 11.4 Å². The van der Waals surface area contributed by atoms with Crippen molar-refractivity contribution >= 4 is 27.5 Å². The van der Waals surface area contributed by atoms with Crippen LogP contribution in [0.15, 0.2) is 33.9 Å². The van der Waals surface area contributed by atoms with Crippen molar-refractivity contribution in [2.75, 3.05) is 13.7 Å². The van der Waals surface area contributed by atoms with Gasteiger partial charge in [0.1, 0.15) is 10.6 Å². The number of thiophene rings is 1. The highest BCUT2D eigenvalue weighted by Gasteiger charge is 2.27. The van der Waals surface area contributed by atoms with Gasteiger partial charge in [-0.1, -0.05) is 13.3 Å². The molecule has 0 N–H and O–H groups in total. The number of carbonyl (C=O) groups is 1. The van der Waals surface area contributed by atoms with Gasteiger partial charge in [-0.2, -0.15) is 0 Å². The van der Waals surface area contributed by atoms with E-state index in [4.69, 9.17) is 4.74 Å². The summed E-state index contributed by atoms with van der Waals surface area (Å²) < 4.78 is 8.20. The van der Waals surface area contributed by atoms with Crippen LogP contribution in [-0.4, -0.2) is 33.6 Å². The first kappa shape index (κ1) is 20.4. The lowest BCUT2D eigenvalue weighted by atomic mass is 10.1. The summed E-state index contributed by atoms with van der Waals surface area (Å²) >= 11 is 1.47. The number of nitrogens with zero attached hydrogens (tertiary/aromatic N) is 3. The van der Waals surface area contributed by atoms with E-state index in [0.29, 0.717) is 42.9 Å². The third kappa shape index (κ3) is 3.35. The predicted molar refractivity (Wildman–Crippen MR) is 118 cm³/mol. The summed E-state index contributed by atoms with van der Waals surface area (Å²) in [5.74, 6) is 0.688. The lowest BCUT2D eigenvalue weighted by molar-refractivity contribution is -0.129. The Morgan fingerprint density at radius 3 is 2.57 bits per heavy atom. The first-order valence-electron chi connectivity index (χ1n) is 10.2. The molecular formula is C22H25N3O4S. The summed E-state index contributed by atoms with van der Waals surface area (Å²) in [6, 6.07) is 6.95. The van der Waals surface area contributed by atoms with Crippen molar-refractivity contribution < 1.29 is 9.53 Å². The van der Waals surface area contributed by atoms with E-state index >= 15 is 0 Å². The van der Waals surface area contributed by atoms with Crippen molar-refractivity contribution in [2.45, 2.75) is 46.2 Å². The molecule has 0 spiro atoms. The molecular weight excluding hydrogens is 402 g/mol. The lowest BCUT2D eigenvalue weighted by Gasteiger charge is -2.25. The molecule has 1 amide bonds. The Morgan fingerprint density at radius 1 is 1.20 bits per heavy atom. The fourth-order valence-electron chi connectivity index (χ4n) is 3.95. The molecule has 7 nitrogen and oxygen atoms in total. The molecule has 4 rings (SSSR count). The maximum atomic E-state index is 13.5. The Bertz CT molecular complexity index is 1220. The van der Waals surface area contributed by atoms with E-state index in [1.165, 1.54) is 15.9 Å². The van der Waals surface area contributed by atoms with E-state index in [9.17, 15) is 14.4 Å². The maximum Gasteiger partial charge on any atom is 0.336 e. The Labute approximate surface area is 178 Å². The van der Waals surface area contributed by atoms with E-state index in [-0.39, 0.29) is 17.2 Å². The SMILES string of the molecule is CCCCn1c(=O)n(-c2ccc(OC)cc2)c(=O)c2c3c(sc21)CN(C(C)=O)CC3. The molecule has 158 valence electrons. The summed E-state index contributed by atoms with van der Waals surface area (Å²) in [6.07, 6.45) is 2.41. The number of benzene rings is 1. The number of carbonyl (C=O) groups excluding carboxylic acids is 1. The Kier molecular flexibility index (Phi) is 5.51. The zero-order valence-corrected chi connectivity index (χ0v) is 18.3. The molecule has 1 aliphatic heterocycles. The molecule has 0 fully saturated rings. The van der Waals surface area contributed by atoms with Crippen LogP contribution >= 0.6 is 11.3 Å². The third-order valence-corrected chi connectivity index (χ3v) is 6.87. The van der Waals surface area contributed by atoms with E-state index in [1.54, 1.807) is 47.8 Å². The summed E-state index contributed by atoms with van der Waals surface area (Å²) in [5, 5.41) is 0.615. The molecule has 0 bridgehead atoms. The van der Waals surface area contributed by atoms with Crippen molar-refractivity contribution in [2.24, 2.45) is 0 Å². The average molecular weight is 428 g/mol. The van der Waals surface area contributed by atoms with Gasteiger partial charge in [0.25, 0.3) is 5.56 Å². The molecule has 0 aliphatic carbocycles. The van der Waals surface area contributed by atoms with E-state index in [0.717, 1.165) is 28.1 Å². The highest BCUT2D eigenvalue weighted by atomic mass is 32.1. The Hall–Kier alpha value is -2.87. The lowest BCUT2D eigenvalue weighted by Crippen LogP contribution is -2.39. The van der Waals surface area contributed by atoms with Gasteiger partial charge < -0.3 is 9.64 Å². The molecule has 0 radical (unpaired) electrons. The molecule has 0 saturated carbocycles. The normalized spacial score (nSPS) is 13.5. The van der Waals surface area contributed by atoms with Crippen LogP contribution in [0.5, 0.6) is 5.75 Å². The van der Waals surface area contributed by atoms with Crippen molar-refractivity contribution in [3.05, 3.63) is 55.5 Å². The van der Waals surface area contributed by atoms with Gasteiger partial charge in [0, 0.05) is 24.9 Å². The quantitative estimate of drug-likeness (QED) is 0.628. The second kappa shape index (κ2) is 8.10. The van der Waals surface area contributed by atoms with Crippen molar-refractivity contribution in [1.29, 1.82) is 0 Å². The zero-order chi connectivity index (χ0) is 21.4. The summed E-state index contributed by atoms with van der Waals surface area (Å²) in [7, 11) is 1.58. The van der Waals surface area contributed by atoms with Crippen LogP contribution in [-0.2, 0) is 24.3 Å². The summed E-state index contributed by atoms with van der Waals surface area (Å²) in [6.45, 7) is 5.27. The van der Waals surface area contributed by atoms with Gasteiger partial charge in [0.2, 0.25) is 5.91 Å². The number of aromatic nitrogens is 2. The second-order valence-electron chi connectivity index (χ2n) is 7.50. The van der Waals surface area contributed by atoms with E-state index in [1.807, 2.05) is 0 Å². The van der Waals surface area contributed by atoms with Gasteiger partial charge in [-0.15, -0.1) is 11.3 Å².